The fourth-order valence-corrected chi connectivity index (χ4v) is 4.51. The van der Waals surface area contributed by atoms with Gasteiger partial charge >= 0.3 is 0 Å². The third-order valence-corrected chi connectivity index (χ3v) is 5.91. The lowest BCUT2D eigenvalue weighted by atomic mass is 10.1. The Balaban J connectivity index is 1.65. The average Bonchev–Trinajstić information content (AvgIpc) is 3.16. The first-order valence-electron chi connectivity index (χ1n) is 9.37. The first-order valence-corrected chi connectivity index (χ1v) is 11.4. The van der Waals surface area contributed by atoms with Gasteiger partial charge in [-0.05, 0) is 17.7 Å². The van der Waals surface area contributed by atoms with Crippen molar-refractivity contribution in [3.05, 3.63) is 71.3 Å². The highest BCUT2D eigenvalue weighted by Crippen LogP contribution is 2.12. The monoisotopic (exact) mass is 387 g/mol. The third-order valence-electron chi connectivity index (χ3n) is 5.05. The van der Waals surface area contributed by atoms with Crippen LogP contribution in [0.4, 0.5) is 0 Å². The minimum Gasteiger partial charge on any atom is -0.346 e. The van der Waals surface area contributed by atoms with Crippen molar-refractivity contribution in [3.8, 4) is 0 Å². The van der Waals surface area contributed by atoms with Crippen LogP contribution in [-0.4, -0.2) is 40.2 Å². The summed E-state index contributed by atoms with van der Waals surface area (Å²) in [5, 5.41) is 3.06. The van der Waals surface area contributed by atoms with Gasteiger partial charge in [-0.3, -0.25) is 4.79 Å². The summed E-state index contributed by atoms with van der Waals surface area (Å²) < 4.78 is 22.8. The smallest absolute Gasteiger partial charge is 0.251 e. The molecule has 0 spiro atoms. The molecule has 144 valence electrons. The molecule has 0 radical (unpaired) electrons. The van der Waals surface area contributed by atoms with Crippen molar-refractivity contribution >= 4 is 15.7 Å². The Morgan fingerprint density at radius 3 is 2.26 bits per heavy atom. The molecule has 1 fully saturated rings. The summed E-state index contributed by atoms with van der Waals surface area (Å²) in [4.78, 5) is 14.1. The van der Waals surface area contributed by atoms with E-state index in [4.69, 9.17) is 0 Å². The highest BCUT2D eigenvalue weighted by molar-refractivity contribution is 7.89. The third kappa shape index (κ3) is 5.65. The van der Waals surface area contributed by atoms with Gasteiger partial charge in [-0.25, -0.2) is 8.42 Å². The van der Waals surface area contributed by atoms with Gasteiger partial charge < -0.3 is 10.2 Å². The van der Waals surface area contributed by atoms with Crippen molar-refractivity contribution in [1.82, 2.24) is 5.32 Å². The van der Waals surface area contributed by atoms with Crippen molar-refractivity contribution < 1.29 is 18.1 Å². The highest BCUT2D eigenvalue weighted by Gasteiger charge is 2.27. The second-order valence-corrected chi connectivity index (χ2v) is 9.45. The van der Waals surface area contributed by atoms with Crippen molar-refractivity contribution in [1.29, 1.82) is 0 Å². The Labute approximate surface area is 161 Å². The van der Waals surface area contributed by atoms with Crippen LogP contribution in [0.5, 0.6) is 0 Å². The second kappa shape index (κ2) is 8.67. The van der Waals surface area contributed by atoms with Crippen LogP contribution in [0.3, 0.4) is 0 Å². The first kappa shape index (κ1) is 19.6. The molecule has 5 nitrogen and oxygen atoms in total. The number of carbonyl (C=O) groups excluding carboxylic acids is 1. The van der Waals surface area contributed by atoms with Gasteiger partial charge in [0.25, 0.3) is 5.91 Å². The van der Waals surface area contributed by atoms with Crippen LogP contribution < -0.4 is 10.2 Å². The molecule has 1 atom stereocenters. The molecule has 1 aliphatic heterocycles. The molecule has 1 saturated heterocycles. The van der Waals surface area contributed by atoms with Gasteiger partial charge in [0.1, 0.15) is 6.04 Å². The quantitative estimate of drug-likeness (QED) is 0.754. The zero-order valence-corrected chi connectivity index (χ0v) is 16.5. The van der Waals surface area contributed by atoms with E-state index in [9.17, 15) is 13.2 Å². The van der Waals surface area contributed by atoms with E-state index >= 15 is 0 Å². The Morgan fingerprint density at radius 1 is 1.04 bits per heavy atom. The molecular weight excluding hydrogens is 360 g/mol. The van der Waals surface area contributed by atoms with Crippen LogP contribution in [-0.2, 0) is 15.6 Å². The van der Waals surface area contributed by atoms with Crippen molar-refractivity contribution in [2.75, 3.05) is 25.9 Å². The summed E-state index contributed by atoms with van der Waals surface area (Å²) in [5.41, 5.74) is 2.49. The summed E-state index contributed by atoms with van der Waals surface area (Å²) in [7, 11) is -3.08. The predicted molar refractivity (Wildman–Crippen MR) is 106 cm³/mol. The predicted octanol–water partition coefficient (Wildman–Crippen LogP) is 1.38. The van der Waals surface area contributed by atoms with E-state index in [1.54, 1.807) is 24.3 Å². The molecule has 6 heteroatoms. The van der Waals surface area contributed by atoms with Crippen molar-refractivity contribution in [2.45, 2.75) is 24.6 Å². The lowest BCUT2D eigenvalue weighted by Gasteiger charge is -2.25. The lowest BCUT2D eigenvalue weighted by molar-refractivity contribution is -0.918. The first-order chi connectivity index (χ1) is 12.9. The van der Waals surface area contributed by atoms with E-state index in [-0.39, 0.29) is 17.7 Å². The summed E-state index contributed by atoms with van der Waals surface area (Å²) in [6.07, 6.45) is 3.67. The lowest BCUT2D eigenvalue weighted by Crippen LogP contribution is -3.11. The SMILES string of the molecule is CS(=O)(=O)Cc1ccc(C(=O)NC[C@H](c2ccccc2)[NH+]2CCCC2)cc1. The topological polar surface area (TPSA) is 67.7 Å². The van der Waals surface area contributed by atoms with Gasteiger partial charge in [0.15, 0.2) is 9.84 Å². The average molecular weight is 388 g/mol. The normalized spacial score (nSPS) is 16.2. The maximum absolute atomic E-state index is 12.6. The Kier molecular flexibility index (Phi) is 6.29. The van der Waals surface area contributed by atoms with Crippen LogP contribution in [0.15, 0.2) is 54.6 Å². The molecule has 1 amide bonds. The Bertz CT molecular complexity index is 858. The summed E-state index contributed by atoms with van der Waals surface area (Å²) in [5.74, 6) is -0.135. The van der Waals surface area contributed by atoms with Gasteiger partial charge in [0.05, 0.1) is 25.4 Å². The highest BCUT2D eigenvalue weighted by atomic mass is 32.2. The van der Waals surface area contributed by atoms with E-state index in [2.05, 4.69) is 17.4 Å². The zero-order chi connectivity index (χ0) is 19.3. The number of benzene rings is 2. The molecule has 2 N–H and O–H groups in total. The minimum absolute atomic E-state index is 0.0106. The molecule has 1 heterocycles. The van der Waals surface area contributed by atoms with Gasteiger partial charge in [0, 0.05) is 30.2 Å². The molecule has 2 aromatic carbocycles. The fourth-order valence-electron chi connectivity index (χ4n) is 3.71. The molecule has 0 aliphatic carbocycles. The van der Waals surface area contributed by atoms with E-state index in [0.717, 1.165) is 13.1 Å². The number of rotatable bonds is 7. The molecule has 3 rings (SSSR count). The largest absolute Gasteiger partial charge is 0.346 e. The van der Waals surface area contributed by atoms with Gasteiger partial charge in [-0.15, -0.1) is 0 Å². The van der Waals surface area contributed by atoms with E-state index in [0.29, 0.717) is 17.7 Å². The number of hydrogen-bond donors (Lipinski definition) is 2. The molecule has 1 aliphatic rings. The molecular formula is C21H27N2O3S+. The van der Waals surface area contributed by atoms with Crippen LogP contribution in [0.2, 0.25) is 0 Å². The molecule has 0 unspecified atom stereocenters. The van der Waals surface area contributed by atoms with Crippen molar-refractivity contribution in [3.63, 3.8) is 0 Å². The fraction of sp³-hybridized carbons (Fsp3) is 0.381. The standard InChI is InChI=1S/C21H26N2O3S/c1-27(25,26)16-17-9-11-19(12-10-17)21(24)22-15-20(23-13-5-6-14-23)18-7-3-2-4-8-18/h2-4,7-12,20H,5-6,13-16H2,1H3,(H,22,24)/p+1/t20-/m1/s1. The number of sulfone groups is 1. The Hall–Kier alpha value is -2.18. The van der Waals surface area contributed by atoms with Crippen molar-refractivity contribution in [2.24, 2.45) is 0 Å². The maximum Gasteiger partial charge on any atom is 0.251 e. The number of likely N-dealkylation sites (tertiary alicyclic amines) is 1. The number of hydrogen-bond acceptors (Lipinski definition) is 3. The van der Waals surface area contributed by atoms with E-state index in [1.807, 2.05) is 18.2 Å². The molecule has 0 bridgehead atoms. The molecule has 27 heavy (non-hydrogen) atoms. The van der Waals surface area contributed by atoms with Gasteiger partial charge in [-0.2, -0.15) is 0 Å². The molecule has 2 aromatic rings. The van der Waals surface area contributed by atoms with Crippen LogP contribution in [0, 0.1) is 0 Å². The van der Waals surface area contributed by atoms with E-state index in [1.165, 1.54) is 29.6 Å². The Morgan fingerprint density at radius 2 is 1.67 bits per heavy atom. The van der Waals surface area contributed by atoms with Crippen LogP contribution in [0.1, 0.15) is 40.4 Å². The number of amides is 1. The zero-order valence-electron chi connectivity index (χ0n) is 15.6. The van der Waals surface area contributed by atoms with Gasteiger partial charge in [0.2, 0.25) is 0 Å². The minimum atomic E-state index is -3.08. The summed E-state index contributed by atoms with van der Waals surface area (Å²) in [6, 6.07) is 17.4. The summed E-state index contributed by atoms with van der Waals surface area (Å²) in [6.45, 7) is 2.86. The number of carbonyl (C=O) groups is 1. The number of nitrogens with one attached hydrogen (secondary N) is 2. The molecule has 0 aromatic heterocycles. The van der Waals surface area contributed by atoms with Gasteiger partial charge in [-0.1, -0.05) is 42.5 Å². The maximum atomic E-state index is 12.6. The van der Waals surface area contributed by atoms with E-state index < -0.39 is 9.84 Å². The summed E-state index contributed by atoms with van der Waals surface area (Å²) >= 11 is 0. The van der Waals surface area contributed by atoms with Crippen LogP contribution in [0.25, 0.3) is 0 Å². The van der Waals surface area contributed by atoms with Crippen LogP contribution >= 0.6 is 0 Å². The second-order valence-electron chi connectivity index (χ2n) is 7.31. The molecule has 0 saturated carbocycles. The number of quaternary nitrogens is 1.